The van der Waals surface area contributed by atoms with Crippen molar-refractivity contribution in [2.75, 3.05) is 13.7 Å². The number of amides is 1. The molecule has 0 saturated heterocycles. The molecular weight excluding hydrogens is 324 g/mol. The van der Waals surface area contributed by atoms with E-state index < -0.39 is 4.92 Å². The summed E-state index contributed by atoms with van der Waals surface area (Å²) in [5.74, 6) is -0.596. The summed E-state index contributed by atoms with van der Waals surface area (Å²) in [5.41, 5.74) is 0.291. The van der Waals surface area contributed by atoms with Crippen molar-refractivity contribution in [2.24, 2.45) is 0 Å². The smallest absolute Gasteiger partial charge is 0.305 e. The molecule has 1 N–H and O–H groups in total. The van der Waals surface area contributed by atoms with E-state index >= 15 is 0 Å². The van der Waals surface area contributed by atoms with Gasteiger partial charge in [-0.3, -0.25) is 19.7 Å². The largest absolute Gasteiger partial charge is 0.469 e. The number of carbonyl (C=O) groups excluding carboxylic acids is 2. The number of ether oxygens (including phenoxy) is 1. The summed E-state index contributed by atoms with van der Waals surface area (Å²) in [6, 6.07) is 4.28. The summed E-state index contributed by atoms with van der Waals surface area (Å²) < 4.78 is 4.51. The third-order valence-corrected chi connectivity index (χ3v) is 3.25. The lowest BCUT2D eigenvalue weighted by Gasteiger charge is -2.02. The molecule has 124 valence electrons. The summed E-state index contributed by atoms with van der Waals surface area (Å²) in [5, 5.41) is 13.5. The Balaban J connectivity index is 2.42. The number of nitro benzene ring substituents is 1. The van der Waals surface area contributed by atoms with Gasteiger partial charge in [0.25, 0.3) is 5.69 Å². The van der Waals surface area contributed by atoms with Crippen LogP contribution in [0.25, 0.3) is 6.08 Å². The second-order valence-corrected chi connectivity index (χ2v) is 5.03. The van der Waals surface area contributed by atoms with E-state index in [1.54, 1.807) is 6.07 Å². The highest BCUT2D eigenvalue weighted by Gasteiger charge is 2.11. The van der Waals surface area contributed by atoms with Crippen molar-refractivity contribution in [1.29, 1.82) is 0 Å². The number of methoxy groups -OCH3 is 1. The minimum Gasteiger partial charge on any atom is -0.469 e. The first-order valence-corrected chi connectivity index (χ1v) is 7.28. The maximum atomic E-state index is 11.6. The predicted molar refractivity (Wildman–Crippen MR) is 86.0 cm³/mol. The van der Waals surface area contributed by atoms with Crippen molar-refractivity contribution in [2.45, 2.75) is 19.3 Å². The van der Waals surface area contributed by atoms with Crippen LogP contribution in [-0.2, 0) is 14.3 Å². The number of hydrogen-bond donors (Lipinski definition) is 1. The zero-order valence-corrected chi connectivity index (χ0v) is 13.3. The average Bonchev–Trinajstić information content (AvgIpc) is 2.53. The van der Waals surface area contributed by atoms with Gasteiger partial charge in [-0.1, -0.05) is 17.7 Å². The molecule has 0 unspecified atom stereocenters. The van der Waals surface area contributed by atoms with Gasteiger partial charge in [-0.25, -0.2) is 0 Å². The van der Waals surface area contributed by atoms with Gasteiger partial charge in [-0.05, 0) is 30.5 Å². The fourth-order valence-corrected chi connectivity index (χ4v) is 1.90. The molecule has 0 radical (unpaired) electrons. The molecular formula is C15H17ClN2O5. The molecule has 8 heteroatoms. The number of nitro groups is 1. The maximum absolute atomic E-state index is 11.6. The zero-order valence-electron chi connectivity index (χ0n) is 12.6. The maximum Gasteiger partial charge on any atom is 0.305 e. The Kier molecular flexibility index (Phi) is 7.76. The fraction of sp³-hybridized carbons (Fsp3) is 0.333. The van der Waals surface area contributed by atoms with Crippen LogP contribution in [0.3, 0.4) is 0 Å². The Morgan fingerprint density at radius 2 is 2.13 bits per heavy atom. The Morgan fingerprint density at radius 3 is 2.78 bits per heavy atom. The molecule has 0 bridgehead atoms. The second-order valence-electron chi connectivity index (χ2n) is 4.63. The number of carbonyl (C=O) groups is 2. The quantitative estimate of drug-likeness (QED) is 0.258. The molecule has 7 nitrogen and oxygen atoms in total. The van der Waals surface area contributed by atoms with Crippen LogP contribution < -0.4 is 5.32 Å². The minimum atomic E-state index is -0.582. The van der Waals surface area contributed by atoms with E-state index in [2.05, 4.69) is 10.1 Å². The zero-order chi connectivity index (χ0) is 17.2. The fourth-order valence-electron chi connectivity index (χ4n) is 1.71. The lowest BCUT2D eigenvalue weighted by atomic mass is 10.2. The van der Waals surface area contributed by atoms with Gasteiger partial charge >= 0.3 is 5.97 Å². The Hall–Kier alpha value is -2.41. The van der Waals surface area contributed by atoms with E-state index in [0.29, 0.717) is 31.4 Å². The predicted octanol–water partition coefficient (Wildman–Crippen LogP) is 2.72. The van der Waals surface area contributed by atoms with E-state index in [4.69, 9.17) is 11.6 Å². The van der Waals surface area contributed by atoms with E-state index in [1.165, 1.54) is 31.4 Å². The monoisotopic (exact) mass is 340 g/mol. The number of nitrogens with one attached hydrogen (secondary N) is 1. The Morgan fingerprint density at radius 1 is 1.39 bits per heavy atom. The molecule has 1 aromatic carbocycles. The van der Waals surface area contributed by atoms with Gasteiger partial charge in [0.1, 0.15) is 5.02 Å². The highest BCUT2D eigenvalue weighted by atomic mass is 35.5. The highest BCUT2D eigenvalue weighted by Crippen LogP contribution is 2.25. The van der Waals surface area contributed by atoms with E-state index in [9.17, 15) is 19.7 Å². The number of unbranched alkanes of at least 4 members (excludes halogenated alkanes) is 1. The lowest BCUT2D eigenvalue weighted by Crippen LogP contribution is -2.22. The van der Waals surface area contributed by atoms with Crippen LogP contribution in [-0.4, -0.2) is 30.5 Å². The number of benzene rings is 1. The van der Waals surface area contributed by atoms with Gasteiger partial charge < -0.3 is 10.1 Å². The molecule has 1 rings (SSSR count). The standard InChI is InChI=1S/C15H17ClN2O5/c1-23-15(20)4-2-3-9-17-14(19)8-6-11-5-7-12(16)13(10-11)18(21)22/h5-8,10H,2-4,9H2,1H3,(H,17,19)/b8-6+. The number of halogens is 1. The lowest BCUT2D eigenvalue weighted by molar-refractivity contribution is -0.384. The first kappa shape index (κ1) is 18.6. The molecule has 0 saturated carbocycles. The number of esters is 1. The summed E-state index contributed by atoms with van der Waals surface area (Å²) in [6.45, 7) is 0.431. The van der Waals surface area contributed by atoms with Gasteiger partial charge in [0, 0.05) is 25.1 Å². The SMILES string of the molecule is COC(=O)CCCCNC(=O)/C=C/c1ccc(Cl)c([N+](=O)[O-])c1. The summed E-state index contributed by atoms with van der Waals surface area (Å²) >= 11 is 5.71. The van der Waals surface area contributed by atoms with Gasteiger partial charge in [0.15, 0.2) is 0 Å². The molecule has 0 aromatic heterocycles. The van der Waals surface area contributed by atoms with Gasteiger partial charge in [-0.15, -0.1) is 0 Å². The first-order valence-electron chi connectivity index (χ1n) is 6.90. The minimum absolute atomic E-state index is 0.0437. The molecule has 1 aromatic rings. The number of nitrogens with zero attached hydrogens (tertiary/aromatic N) is 1. The van der Waals surface area contributed by atoms with Crippen molar-refractivity contribution >= 4 is 35.2 Å². The van der Waals surface area contributed by atoms with Gasteiger partial charge in [-0.2, -0.15) is 0 Å². The van der Waals surface area contributed by atoms with Crippen molar-refractivity contribution in [3.05, 3.63) is 45.0 Å². The molecule has 0 heterocycles. The van der Waals surface area contributed by atoms with Crippen LogP contribution >= 0.6 is 11.6 Å². The van der Waals surface area contributed by atoms with E-state index in [0.717, 1.165) is 0 Å². The van der Waals surface area contributed by atoms with E-state index in [1.807, 2.05) is 0 Å². The van der Waals surface area contributed by atoms with Gasteiger partial charge in [0.05, 0.1) is 12.0 Å². The van der Waals surface area contributed by atoms with Crippen LogP contribution in [0.5, 0.6) is 0 Å². The van der Waals surface area contributed by atoms with Crippen LogP contribution in [0, 0.1) is 10.1 Å². The third kappa shape index (κ3) is 6.92. The second kappa shape index (κ2) is 9.58. The van der Waals surface area contributed by atoms with Crippen molar-refractivity contribution in [3.63, 3.8) is 0 Å². The Bertz CT molecular complexity index is 616. The van der Waals surface area contributed by atoms with Crippen molar-refractivity contribution in [3.8, 4) is 0 Å². The summed E-state index contributed by atoms with van der Waals surface area (Å²) in [6.07, 6.45) is 4.35. The summed E-state index contributed by atoms with van der Waals surface area (Å²) in [7, 11) is 1.33. The van der Waals surface area contributed by atoms with Crippen LogP contribution in [0.2, 0.25) is 5.02 Å². The van der Waals surface area contributed by atoms with Gasteiger partial charge in [0.2, 0.25) is 5.91 Å². The normalized spacial score (nSPS) is 10.5. The van der Waals surface area contributed by atoms with Crippen LogP contribution in [0.4, 0.5) is 5.69 Å². The number of rotatable bonds is 8. The van der Waals surface area contributed by atoms with Crippen molar-refractivity contribution in [1.82, 2.24) is 5.32 Å². The molecule has 0 aliphatic rings. The molecule has 1 amide bonds. The average molecular weight is 341 g/mol. The number of hydrogen-bond acceptors (Lipinski definition) is 5. The first-order chi connectivity index (χ1) is 10.9. The van der Waals surface area contributed by atoms with Crippen LogP contribution in [0.15, 0.2) is 24.3 Å². The van der Waals surface area contributed by atoms with Crippen LogP contribution in [0.1, 0.15) is 24.8 Å². The molecule has 0 fully saturated rings. The van der Waals surface area contributed by atoms with Crippen molar-refractivity contribution < 1.29 is 19.2 Å². The highest BCUT2D eigenvalue weighted by molar-refractivity contribution is 6.32. The summed E-state index contributed by atoms with van der Waals surface area (Å²) in [4.78, 5) is 32.7. The molecule has 0 aliphatic carbocycles. The molecule has 0 atom stereocenters. The molecule has 0 aliphatic heterocycles. The molecule has 0 spiro atoms. The molecule has 23 heavy (non-hydrogen) atoms. The van der Waals surface area contributed by atoms with E-state index in [-0.39, 0.29) is 22.6 Å². The third-order valence-electron chi connectivity index (χ3n) is 2.93. The Labute approximate surface area is 138 Å². The topological polar surface area (TPSA) is 98.5 Å².